The van der Waals surface area contributed by atoms with Gasteiger partial charge in [-0.25, -0.2) is 4.39 Å². The third-order valence-electron chi connectivity index (χ3n) is 4.73. The number of benzene rings is 2. The third kappa shape index (κ3) is 4.27. The van der Waals surface area contributed by atoms with E-state index in [2.05, 4.69) is 0 Å². The Balaban J connectivity index is 1.78. The topological polar surface area (TPSA) is 40.6 Å². The molecule has 4 nitrogen and oxygen atoms in total. The van der Waals surface area contributed by atoms with E-state index in [4.69, 9.17) is 0 Å². The molecule has 0 spiro atoms. The van der Waals surface area contributed by atoms with Crippen molar-refractivity contribution in [2.45, 2.75) is 18.9 Å². The normalized spacial score (nSPS) is 18.0. The highest BCUT2D eigenvalue weighted by atomic mass is 19.1. The summed E-state index contributed by atoms with van der Waals surface area (Å²) in [6.45, 7) is 0. The molecule has 0 N–H and O–H groups in total. The van der Waals surface area contributed by atoms with Crippen LogP contribution in [0.1, 0.15) is 12.0 Å². The molecule has 0 bridgehead atoms. The van der Waals surface area contributed by atoms with Gasteiger partial charge in [0.15, 0.2) is 0 Å². The molecule has 3 rings (SSSR count). The summed E-state index contributed by atoms with van der Waals surface area (Å²) in [5.74, 6) is -0.328. The Labute approximate surface area is 159 Å². The first-order valence-electron chi connectivity index (χ1n) is 8.95. The zero-order valence-corrected chi connectivity index (χ0v) is 15.6. The molecule has 0 aliphatic carbocycles. The molecule has 0 radical (unpaired) electrons. The maximum absolute atomic E-state index is 13.9. The Morgan fingerprint density at radius 3 is 2.52 bits per heavy atom. The smallest absolute Gasteiger partial charge is 0.313 e. The zero-order valence-electron chi connectivity index (χ0n) is 15.6. The number of carbonyl (C=O) groups excluding carboxylic acids is 2. The fourth-order valence-corrected chi connectivity index (χ4v) is 3.50. The van der Waals surface area contributed by atoms with Crippen LogP contribution in [0.25, 0.3) is 11.1 Å². The van der Waals surface area contributed by atoms with E-state index in [-0.39, 0.29) is 25.2 Å². The van der Waals surface area contributed by atoms with Crippen molar-refractivity contribution in [1.82, 2.24) is 9.71 Å². The van der Waals surface area contributed by atoms with Crippen LogP contribution in [-0.2, 0) is 16.0 Å². The van der Waals surface area contributed by atoms with E-state index in [9.17, 15) is 14.0 Å². The standard InChI is InChI=1S/C21H22BFN2O2/c1-24(2)13-17-12-18(25(21(17)27)22-14-26)11-15-7-9-16(10-8-15)19-5-3-4-6-20(19)23/h3-10,13-14,18,22H,11-12H2,1-2H3/b17-13-/t18-/m1/s1. The first-order chi connectivity index (χ1) is 13.0. The number of halogens is 1. The van der Waals surface area contributed by atoms with Gasteiger partial charge in [0.2, 0.25) is 5.91 Å². The van der Waals surface area contributed by atoms with Crippen molar-refractivity contribution in [1.29, 1.82) is 0 Å². The zero-order chi connectivity index (χ0) is 19.4. The predicted octanol–water partition coefficient (Wildman–Crippen LogP) is 2.62. The van der Waals surface area contributed by atoms with Crippen LogP contribution in [0.3, 0.4) is 0 Å². The number of hydrogen-bond acceptors (Lipinski definition) is 3. The van der Waals surface area contributed by atoms with Gasteiger partial charge in [-0.05, 0) is 30.0 Å². The van der Waals surface area contributed by atoms with Crippen LogP contribution in [0.2, 0.25) is 0 Å². The Morgan fingerprint density at radius 1 is 1.19 bits per heavy atom. The summed E-state index contributed by atoms with van der Waals surface area (Å²) in [6.07, 6.45) is 3.86. The Kier molecular flexibility index (Phi) is 5.74. The summed E-state index contributed by atoms with van der Waals surface area (Å²) >= 11 is 0. The molecule has 1 atom stereocenters. The van der Waals surface area contributed by atoms with Crippen LogP contribution in [0.5, 0.6) is 0 Å². The predicted molar refractivity (Wildman–Crippen MR) is 106 cm³/mol. The van der Waals surface area contributed by atoms with Gasteiger partial charge in [0.25, 0.3) is 0 Å². The quantitative estimate of drug-likeness (QED) is 0.450. The highest BCUT2D eigenvalue weighted by Gasteiger charge is 2.35. The van der Waals surface area contributed by atoms with Gasteiger partial charge in [-0.1, -0.05) is 42.5 Å². The maximum atomic E-state index is 13.9. The number of nitrogens with zero attached hydrogens (tertiary/aromatic N) is 2. The average Bonchev–Trinajstić information content (AvgIpc) is 2.91. The molecule has 2 aromatic rings. The lowest BCUT2D eigenvalue weighted by molar-refractivity contribution is -0.121. The van der Waals surface area contributed by atoms with Crippen LogP contribution in [0.4, 0.5) is 4.39 Å². The fraction of sp³-hybridized carbons (Fsp3) is 0.238. The lowest BCUT2D eigenvalue weighted by Gasteiger charge is -2.22. The van der Waals surface area contributed by atoms with E-state index in [1.54, 1.807) is 16.9 Å². The molecule has 1 saturated heterocycles. The van der Waals surface area contributed by atoms with Gasteiger partial charge >= 0.3 is 7.41 Å². The number of carbonyl (C=O) groups is 2. The second-order valence-corrected chi connectivity index (χ2v) is 6.98. The second-order valence-electron chi connectivity index (χ2n) is 6.98. The van der Waals surface area contributed by atoms with Crippen LogP contribution in [0, 0.1) is 5.82 Å². The molecule has 0 unspecified atom stereocenters. The minimum absolute atomic E-state index is 0.0480. The number of rotatable bonds is 6. The largest absolute Gasteiger partial charge is 0.383 e. The van der Waals surface area contributed by atoms with Crippen molar-refractivity contribution in [3.05, 3.63) is 71.7 Å². The minimum atomic E-state index is -0.248. The van der Waals surface area contributed by atoms with Gasteiger partial charge < -0.3 is 14.5 Å². The molecule has 1 heterocycles. The average molecular weight is 364 g/mol. The van der Waals surface area contributed by atoms with Crippen molar-refractivity contribution in [3.8, 4) is 11.1 Å². The van der Waals surface area contributed by atoms with E-state index in [0.717, 1.165) is 22.9 Å². The van der Waals surface area contributed by atoms with E-state index < -0.39 is 0 Å². The van der Waals surface area contributed by atoms with Crippen molar-refractivity contribution in [2.75, 3.05) is 14.1 Å². The summed E-state index contributed by atoms with van der Waals surface area (Å²) in [5.41, 5.74) is 3.15. The van der Waals surface area contributed by atoms with Crippen molar-refractivity contribution < 1.29 is 14.0 Å². The molecule has 27 heavy (non-hydrogen) atoms. The molecule has 2 aromatic carbocycles. The molecule has 1 fully saturated rings. The van der Waals surface area contributed by atoms with Crippen LogP contribution in [-0.4, -0.2) is 49.4 Å². The monoisotopic (exact) mass is 364 g/mol. The Hall–Kier alpha value is -2.89. The second kappa shape index (κ2) is 8.21. The molecule has 0 aromatic heterocycles. The number of amides is 1. The van der Waals surface area contributed by atoms with E-state index in [1.165, 1.54) is 6.07 Å². The SMILES string of the molecule is CN(C)/C=C1/C[C@@H](Cc2ccc(-c3ccccc3F)cc2)N(BC=O)C1=O. The van der Waals surface area contributed by atoms with Crippen molar-refractivity contribution >= 4 is 19.5 Å². The van der Waals surface area contributed by atoms with Crippen molar-refractivity contribution in [3.63, 3.8) is 0 Å². The molecule has 1 amide bonds. The van der Waals surface area contributed by atoms with Gasteiger partial charge in [0, 0.05) is 37.5 Å². The van der Waals surface area contributed by atoms with Gasteiger partial charge in [-0.2, -0.15) is 0 Å². The van der Waals surface area contributed by atoms with E-state index in [1.807, 2.05) is 55.5 Å². The van der Waals surface area contributed by atoms with Gasteiger partial charge in [-0.3, -0.25) is 4.79 Å². The highest BCUT2D eigenvalue weighted by Crippen LogP contribution is 2.28. The van der Waals surface area contributed by atoms with E-state index in [0.29, 0.717) is 18.4 Å². The molecule has 1 aliphatic heterocycles. The lowest BCUT2D eigenvalue weighted by Crippen LogP contribution is -2.38. The molecule has 138 valence electrons. The summed E-state index contributed by atoms with van der Waals surface area (Å²) in [6, 6.07) is 14.3. The van der Waals surface area contributed by atoms with Gasteiger partial charge in [0.1, 0.15) is 12.0 Å². The summed E-state index contributed by atoms with van der Waals surface area (Å²) in [4.78, 5) is 27.0. The molecule has 6 heteroatoms. The summed E-state index contributed by atoms with van der Waals surface area (Å²) in [5, 5.41) is 0. The number of hydrogen-bond donors (Lipinski definition) is 0. The first kappa shape index (κ1) is 18.9. The summed E-state index contributed by atoms with van der Waals surface area (Å²) < 4.78 is 13.9. The lowest BCUT2D eigenvalue weighted by atomic mass is 9.91. The Bertz CT molecular complexity index is 865. The van der Waals surface area contributed by atoms with Gasteiger partial charge in [-0.15, -0.1) is 0 Å². The molecule has 1 aliphatic rings. The van der Waals surface area contributed by atoms with Crippen molar-refractivity contribution in [2.24, 2.45) is 0 Å². The highest BCUT2D eigenvalue weighted by molar-refractivity contribution is 6.66. The maximum Gasteiger partial charge on any atom is 0.313 e. The Morgan fingerprint density at radius 2 is 1.89 bits per heavy atom. The van der Waals surface area contributed by atoms with E-state index >= 15 is 0 Å². The molecular weight excluding hydrogens is 342 g/mol. The van der Waals surface area contributed by atoms with Crippen LogP contribution >= 0.6 is 0 Å². The van der Waals surface area contributed by atoms with Crippen LogP contribution in [0.15, 0.2) is 60.3 Å². The molecule has 0 saturated carbocycles. The van der Waals surface area contributed by atoms with Gasteiger partial charge in [0.05, 0.1) is 0 Å². The fourth-order valence-electron chi connectivity index (χ4n) is 3.50. The summed E-state index contributed by atoms with van der Waals surface area (Å²) in [7, 11) is 3.85. The first-order valence-corrected chi connectivity index (χ1v) is 8.95. The third-order valence-corrected chi connectivity index (χ3v) is 4.73. The minimum Gasteiger partial charge on any atom is -0.383 e. The van der Waals surface area contributed by atoms with Crippen LogP contribution < -0.4 is 0 Å². The molecular formula is C21H22BFN2O2.